The van der Waals surface area contributed by atoms with Crippen molar-refractivity contribution >= 4 is 0 Å². The van der Waals surface area contributed by atoms with Crippen molar-refractivity contribution in [1.82, 2.24) is 4.57 Å². The maximum atomic E-state index is 2.45. The largest absolute Gasteiger partial charge is 0.294 e. The van der Waals surface area contributed by atoms with Crippen molar-refractivity contribution in [2.24, 2.45) is 0 Å². The molecule has 0 fully saturated rings. The predicted molar refractivity (Wildman–Crippen MR) is 124 cm³/mol. The molecule has 0 unspecified atom stereocenters. The Morgan fingerprint density at radius 3 is 2.23 bits per heavy atom. The second-order valence-electron chi connectivity index (χ2n) is 8.92. The summed E-state index contributed by atoms with van der Waals surface area (Å²) in [7, 11) is 0. The van der Waals surface area contributed by atoms with E-state index in [4.69, 9.17) is 0 Å². The zero-order chi connectivity index (χ0) is 20.8. The van der Waals surface area contributed by atoms with Gasteiger partial charge in [-0.15, -0.1) is 0 Å². The molecular formula is C28H29N2+. The van der Waals surface area contributed by atoms with Gasteiger partial charge in [-0.25, -0.2) is 4.57 Å². The Kier molecular flexibility index (Phi) is 4.58. The summed E-state index contributed by atoms with van der Waals surface area (Å²) >= 11 is 0. The Morgan fingerprint density at radius 1 is 0.767 bits per heavy atom. The second-order valence-corrected chi connectivity index (χ2v) is 8.92. The molecule has 0 N–H and O–H groups in total. The lowest BCUT2D eigenvalue weighted by molar-refractivity contribution is -0.671. The van der Waals surface area contributed by atoms with E-state index < -0.39 is 0 Å². The zero-order valence-electron chi connectivity index (χ0n) is 18.3. The third kappa shape index (κ3) is 2.90. The van der Waals surface area contributed by atoms with Gasteiger partial charge in [0.25, 0.3) is 5.82 Å². The SMILES string of the molecule is CC(C)c1ccc(-c2ccccc2)c(C(C)C)c1-n1cc[n+]2c1-c1ccccc1C2. The lowest BCUT2D eigenvalue weighted by Gasteiger charge is -2.21. The molecule has 1 aromatic heterocycles. The summed E-state index contributed by atoms with van der Waals surface area (Å²) in [6.07, 6.45) is 4.49. The van der Waals surface area contributed by atoms with Crippen LogP contribution < -0.4 is 4.57 Å². The van der Waals surface area contributed by atoms with Gasteiger partial charge in [-0.05, 0) is 29.0 Å². The van der Waals surface area contributed by atoms with Crippen LogP contribution in [-0.2, 0) is 6.54 Å². The van der Waals surface area contributed by atoms with Crippen molar-refractivity contribution in [1.29, 1.82) is 0 Å². The van der Waals surface area contributed by atoms with Gasteiger partial charge in [0, 0.05) is 16.7 Å². The molecule has 0 radical (unpaired) electrons. The smallest absolute Gasteiger partial charge is 0.225 e. The van der Waals surface area contributed by atoms with Crippen LogP contribution in [-0.4, -0.2) is 4.57 Å². The van der Waals surface area contributed by atoms with Gasteiger partial charge in [-0.3, -0.25) is 0 Å². The van der Waals surface area contributed by atoms with E-state index in [9.17, 15) is 0 Å². The van der Waals surface area contributed by atoms with Crippen molar-refractivity contribution in [2.45, 2.75) is 46.1 Å². The average molecular weight is 394 g/mol. The van der Waals surface area contributed by atoms with Gasteiger partial charge in [0.15, 0.2) is 0 Å². The highest BCUT2D eigenvalue weighted by atomic mass is 15.2. The number of fused-ring (bicyclic) bond motifs is 3. The van der Waals surface area contributed by atoms with E-state index in [-0.39, 0.29) is 0 Å². The van der Waals surface area contributed by atoms with E-state index in [1.807, 2.05) is 0 Å². The van der Waals surface area contributed by atoms with E-state index in [1.54, 1.807) is 0 Å². The number of imidazole rings is 1. The van der Waals surface area contributed by atoms with Gasteiger partial charge in [0.05, 0.1) is 5.56 Å². The van der Waals surface area contributed by atoms with Gasteiger partial charge < -0.3 is 0 Å². The van der Waals surface area contributed by atoms with Crippen LogP contribution in [0.4, 0.5) is 0 Å². The van der Waals surface area contributed by atoms with E-state index >= 15 is 0 Å². The average Bonchev–Trinajstić information content (AvgIpc) is 3.32. The summed E-state index contributed by atoms with van der Waals surface area (Å²) in [6.45, 7) is 10.2. The van der Waals surface area contributed by atoms with E-state index in [0.29, 0.717) is 11.8 Å². The van der Waals surface area contributed by atoms with Crippen molar-refractivity contribution in [3.63, 3.8) is 0 Å². The summed E-state index contributed by atoms with van der Waals surface area (Å²) in [4.78, 5) is 0. The number of benzene rings is 3. The first-order valence-corrected chi connectivity index (χ1v) is 11.0. The highest BCUT2D eigenvalue weighted by Crippen LogP contribution is 2.40. The van der Waals surface area contributed by atoms with E-state index in [0.717, 1.165) is 6.54 Å². The zero-order valence-corrected chi connectivity index (χ0v) is 18.3. The molecule has 0 saturated heterocycles. The Morgan fingerprint density at radius 2 is 1.50 bits per heavy atom. The molecule has 0 bridgehead atoms. The van der Waals surface area contributed by atoms with Crippen molar-refractivity contribution in [2.75, 3.05) is 0 Å². The number of hydrogen-bond donors (Lipinski definition) is 0. The van der Waals surface area contributed by atoms with E-state index in [1.165, 1.54) is 44.9 Å². The normalized spacial score (nSPS) is 12.5. The minimum Gasteiger partial charge on any atom is -0.225 e. The lowest BCUT2D eigenvalue weighted by Crippen LogP contribution is -2.30. The molecular weight excluding hydrogens is 364 g/mol. The Hall–Kier alpha value is -3.13. The molecule has 1 aliphatic rings. The Labute approximate surface area is 179 Å². The minimum atomic E-state index is 0.411. The van der Waals surface area contributed by atoms with Crippen molar-refractivity contribution in [3.8, 4) is 28.2 Å². The maximum Gasteiger partial charge on any atom is 0.294 e. The number of aromatic nitrogens is 2. The van der Waals surface area contributed by atoms with Crippen molar-refractivity contribution < 1.29 is 4.57 Å². The van der Waals surface area contributed by atoms with Crippen LogP contribution in [0.25, 0.3) is 28.2 Å². The lowest BCUT2D eigenvalue weighted by atomic mass is 9.86. The number of nitrogens with zero attached hydrogens (tertiary/aromatic N) is 2. The predicted octanol–water partition coefficient (Wildman–Crippen LogP) is 6.71. The molecule has 4 aromatic rings. The Bertz CT molecular complexity index is 1210. The van der Waals surface area contributed by atoms with Crippen LogP contribution in [0.5, 0.6) is 0 Å². The van der Waals surface area contributed by atoms with Gasteiger partial charge >= 0.3 is 0 Å². The molecule has 1 aliphatic heterocycles. The molecule has 0 atom stereocenters. The quantitative estimate of drug-likeness (QED) is 0.300. The molecule has 150 valence electrons. The molecule has 2 heterocycles. The third-order valence-corrected chi connectivity index (χ3v) is 6.27. The number of rotatable bonds is 4. The van der Waals surface area contributed by atoms with Crippen LogP contribution in [0.15, 0.2) is 79.1 Å². The molecule has 0 saturated carbocycles. The molecule has 0 amide bonds. The molecule has 2 heteroatoms. The van der Waals surface area contributed by atoms with Crippen LogP contribution in [0.1, 0.15) is 56.2 Å². The highest BCUT2D eigenvalue weighted by molar-refractivity contribution is 5.75. The molecule has 2 nitrogen and oxygen atoms in total. The first kappa shape index (κ1) is 18.9. The molecule has 30 heavy (non-hydrogen) atoms. The summed E-state index contributed by atoms with van der Waals surface area (Å²) < 4.78 is 4.83. The standard InChI is InChI=1S/C28H29N2/c1-19(2)23-14-15-24(21-10-6-5-7-11-21)26(20(3)4)27(23)30-17-16-29-18-22-12-8-9-13-25(22)28(29)30/h5-17,19-20H,18H2,1-4H3/q+1. The fourth-order valence-electron chi connectivity index (χ4n) is 4.89. The Balaban J connectivity index is 1.84. The minimum absolute atomic E-state index is 0.411. The molecule has 0 aliphatic carbocycles. The maximum absolute atomic E-state index is 2.45. The van der Waals surface area contributed by atoms with E-state index in [2.05, 4.69) is 116 Å². The first-order valence-electron chi connectivity index (χ1n) is 11.0. The van der Waals surface area contributed by atoms with Gasteiger partial charge in [0.1, 0.15) is 24.6 Å². The fraction of sp³-hybridized carbons (Fsp3) is 0.250. The van der Waals surface area contributed by atoms with Crippen LogP contribution in [0, 0.1) is 0 Å². The molecule has 0 spiro atoms. The van der Waals surface area contributed by atoms with Gasteiger partial charge in [-0.1, -0.05) is 88.4 Å². The monoisotopic (exact) mass is 393 g/mol. The van der Waals surface area contributed by atoms with Crippen LogP contribution >= 0.6 is 0 Å². The second kappa shape index (κ2) is 7.28. The van der Waals surface area contributed by atoms with Crippen LogP contribution in [0.2, 0.25) is 0 Å². The van der Waals surface area contributed by atoms with Gasteiger partial charge in [0.2, 0.25) is 0 Å². The van der Waals surface area contributed by atoms with Crippen LogP contribution in [0.3, 0.4) is 0 Å². The summed E-state index contributed by atoms with van der Waals surface area (Å²) in [5.41, 5.74) is 9.55. The van der Waals surface area contributed by atoms with Crippen molar-refractivity contribution in [3.05, 3.63) is 95.8 Å². The molecule has 3 aromatic carbocycles. The molecule has 5 rings (SSSR count). The summed E-state index contributed by atoms with van der Waals surface area (Å²) in [6, 6.07) is 24.3. The fourth-order valence-corrected chi connectivity index (χ4v) is 4.89. The first-order chi connectivity index (χ1) is 14.6. The highest BCUT2D eigenvalue weighted by Gasteiger charge is 2.33. The third-order valence-electron chi connectivity index (χ3n) is 6.27. The summed E-state index contributed by atoms with van der Waals surface area (Å²) in [5.74, 6) is 2.15. The summed E-state index contributed by atoms with van der Waals surface area (Å²) in [5, 5.41) is 0. The number of hydrogen-bond acceptors (Lipinski definition) is 0. The van der Waals surface area contributed by atoms with Gasteiger partial charge in [-0.2, -0.15) is 4.57 Å². The topological polar surface area (TPSA) is 8.81 Å².